The van der Waals surface area contributed by atoms with Crippen LogP contribution in [0.5, 0.6) is 0 Å². The third-order valence-corrected chi connectivity index (χ3v) is 5.96. The fraction of sp³-hybridized carbons (Fsp3) is 0.875. The molecule has 4 aliphatic carbocycles. The van der Waals surface area contributed by atoms with Crippen LogP contribution in [0.15, 0.2) is 4.52 Å². The van der Waals surface area contributed by atoms with E-state index in [-0.39, 0.29) is 11.5 Å². The summed E-state index contributed by atoms with van der Waals surface area (Å²) < 4.78 is 5.49. The third-order valence-electron chi connectivity index (χ3n) is 5.96. The lowest BCUT2D eigenvalue weighted by Gasteiger charge is -2.55. The molecule has 4 bridgehead atoms. The third kappa shape index (κ3) is 1.84. The molecule has 5 rings (SSSR count). The van der Waals surface area contributed by atoms with Gasteiger partial charge >= 0.3 is 0 Å². The van der Waals surface area contributed by atoms with Crippen LogP contribution in [0.2, 0.25) is 0 Å². The molecule has 4 fully saturated rings. The first-order valence-electron chi connectivity index (χ1n) is 8.15. The van der Waals surface area contributed by atoms with Crippen molar-refractivity contribution >= 4 is 0 Å². The van der Waals surface area contributed by atoms with E-state index in [1.54, 1.807) is 0 Å². The van der Waals surface area contributed by atoms with E-state index in [1.807, 2.05) is 0 Å². The Bertz CT molecular complexity index is 472. The summed E-state index contributed by atoms with van der Waals surface area (Å²) >= 11 is 0. The molecule has 4 nitrogen and oxygen atoms in total. The van der Waals surface area contributed by atoms with Crippen LogP contribution in [0.4, 0.5) is 0 Å². The van der Waals surface area contributed by atoms with Gasteiger partial charge < -0.3 is 10.3 Å². The number of nitrogens with two attached hydrogens (primary N) is 1. The summed E-state index contributed by atoms with van der Waals surface area (Å²) in [5.41, 5.74) is 6.36. The predicted octanol–water partition coefficient (Wildman–Crippen LogP) is 3.19. The second-order valence-electron chi connectivity index (χ2n) is 7.92. The number of nitrogens with zero attached hydrogens (tertiary/aromatic N) is 2. The van der Waals surface area contributed by atoms with E-state index < -0.39 is 0 Å². The van der Waals surface area contributed by atoms with E-state index in [2.05, 4.69) is 19.0 Å². The summed E-state index contributed by atoms with van der Waals surface area (Å²) in [4.78, 5) is 4.72. The Balaban J connectivity index is 1.64. The molecule has 20 heavy (non-hydrogen) atoms. The van der Waals surface area contributed by atoms with Crippen molar-refractivity contribution in [2.75, 3.05) is 0 Å². The summed E-state index contributed by atoms with van der Waals surface area (Å²) in [6, 6.07) is -0.134. The number of aromatic nitrogens is 2. The summed E-state index contributed by atoms with van der Waals surface area (Å²) in [5, 5.41) is 4.34. The minimum absolute atomic E-state index is 0.134. The fourth-order valence-electron chi connectivity index (χ4n) is 5.26. The molecular weight excluding hydrogens is 250 g/mol. The van der Waals surface area contributed by atoms with Gasteiger partial charge in [-0.05, 0) is 62.2 Å². The molecule has 1 atom stereocenters. The predicted molar refractivity (Wildman–Crippen MR) is 75.9 cm³/mol. The Morgan fingerprint density at radius 1 is 1.10 bits per heavy atom. The van der Waals surface area contributed by atoms with E-state index in [4.69, 9.17) is 15.2 Å². The Hall–Kier alpha value is -0.900. The van der Waals surface area contributed by atoms with Gasteiger partial charge in [-0.2, -0.15) is 4.98 Å². The van der Waals surface area contributed by atoms with Crippen molar-refractivity contribution in [2.45, 2.75) is 63.8 Å². The van der Waals surface area contributed by atoms with Crippen LogP contribution in [0.3, 0.4) is 0 Å². The second kappa shape index (κ2) is 4.30. The lowest BCUT2D eigenvalue weighted by atomic mass is 9.49. The van der Waals surface area contributed by atoms with Gasteiger partial charge in [0, 0.05) is 5.41 Å². The Labute approximate surface area is 120 Å². The van der Waals surface area contributed by atoms with Crippen LogP contribution < -0.4 is 5.73 Å². The summed E-state index contributed by atoms with van der Waals surface area (Å²) in [6.07, 6.45) is 8.14. The number of hydrogen-bond acceptors (Lipinski definition) is 4. The van der Waals surface area contributed by atoms with Gasteiger partial charge in [-0.3, -0.25) is 0 Å². The SMILES string of the molecule is CC(C)[C@@H](N)c1nc(C23CC4CC(CC(C4)C2)C3)no1. The normalized spacial score (nSPS) is 40.5. The van der Waals surface area contributed by atoms with Crippen LogP contribution in [-0.4, -0.2) is 10.1 Å². The molecule has 2 N–H and O–H groups in total. The second-order valence-corrected chi connectivity index (χ2v) is 7.92. The molecule has 0 spiro atoms. The maximum atomic E-state index is 6.15. The van der Waals surface area contributed by atoms with Crippen LogP contribution in [-0.2, 0) is 5.41 Å². The lowest BCUT2D eigenvalue weighted by molar-refractivity contribution is -0.0103. The minimum Gasteiger partial charge on any atom is -0.338 e. The lowest BCUT2D eigenvalue weighted by Crippen LogP contribution is -2.49. The van der Waals surface area contributed by atoms with Crippen molar-refractivity contribution in [2.24, 2.45) is 29.4 Å². The summed E-state index contributed by atoms with van der Waals surface area (Å²) in [6.45, 7) is 4.19. The average molecular weight is 275 g/mol. The van der Waals surface area contributed by atoms with Gasteiger partial charge in [0.1, 0.15) is 0 Å². The van der Waals surface area contributed by atoms with E-state index in [0.29, 0.717) is 11.8 Å². The first kappa shape index (κ1) is 12.8. The van der Waals surface area contributed by atoms with Gasteiger partial charge in [0.15, 0.2) is 5.82 Å². The maximum absolute atomic E-state index is 6.15. The highest BCUT2D eigenvalue weighted by Gasteiger charge is 2.53. The van der Waals surface area contributed by atoms with Gasteiger partial charge in [-0.15, -0.1) is 0 Å². The number of rotatable bonds is 3. The van der Waals surface area contributed by atoms with E-state index in [0.717, 1.165) is 23.6 Å². The average Bonchev–Trinajstić information content (AvgIpc) is 2.86. The highest BCUT2D eigenvalue weighted by atomic mass is 16.5. The Kier molecular flexibility index (Phi) is 2.75. The highest BCUT2D eigenvalue weighted by molar-refractivity contribution is 5.17. The first-order chi connectivity index (χ1) is 9.56. The Morgan fingerprint density at radius 3 is 2.15 bits per heavy atom. The molecule has 4 saturated carbocycles. The largest absolute Gasteiger partial charge is 0.338 e. The first-order valence-corrected chi connectivity index (χ1v) is 8.15. The Morgan fingerprint density at radius 2 is 1.65 bits per heavy atom. The molecule has 0 aliphatic heterocycles. The molecule has 1 heterocycles. The zero-order chi connectivity index (χ0) is 13.9. The van der Waals surface area contributed by atoms with Gasteiger partial charge in [0.2, 0.25) is 5.89 Å². The zero-order valence-corrected chi connectivity index (χ0v) is 12.5. The minimum atomic E-state index is -0.134. The van der Waals surface area contributed by atoms with Crippen molar-refractivity contribution in [1.82, 2.24) is 10.1 Å². The fourth-order valence-corrected chi connectivity index (χ4v) is 5.26. The molecule has 0 amide bonds. The van der Waals surface area contributed by atoms with Gasteiger partial charge in [0.05, 0.1) is 6.04 Å². The van der Waals surface area contributed by atoms with Crippen molar-refractivity contribution in [3.8, 4) is 0 Å². The van der Waals surface area contributed by atoms with Crippen molar-refractivity contribution in [3.63, 3.8) is 0 Å². The molecule has 0 aromatic carbocycles. The number of hydrogen-bond donors (Lipinski definition) is 1. The molecular formula is C16H25N3O. The zero-order valence-electron chi connectivity index (χ0n) is 12.5. The molecule has 0 radical (unpaired) electrons. The highest BCUT2D eigenvalue weighted by Crippen LogP contribution is 2.60. The van der Waals surface area contributed by atoms with E-state index >= 15 is 0 Å². The van der Waals surface area contributed by atoms with Gasteiger partial charge in [0.25, 0.3) is 0 Å². The van der Waals surface area contributed by atoms with Gasteiger partial charge in [-0.25, -0.2) is 0 Å². The smallest absolute Gasteiger partial charge is 0.243 e. The molecule has 1 aromatic rings. The van der Waals surface area contributed by atoms with Crippen LogP contribution >= 0.6 is 0 Å². The van der Waals surface area contributed by atoms with Crippen molar-refractivity contribution in [1.29, 1.82) is 0 Å². The van der Waals surface area contributed by atoms with E-state index in [9.17, 15) is 0 Å². The maximum Gasteiger partial charge on any atom is 0.243 e. The standard InChI is InChI=1S/C16H25N3O/c1-9(2)13(17)14-18-15(19-20-14)16-6-10-3-11(7-16)5-12(4-10)8-16/h9-13H,3-8,17H2,1-2H3/t10?,11?,12?,13-,16?/m1/s1. The van der Waals surface area contributed by atoms with E-state index in [1.165, 1.54) is 38.5 Å². The monoisotopic (exact) mass is 275 g/mol. The quantitative estimate of drug-likeness (QED) is 0.920. The van der Waals surface area contributed by atoms with Crippen LogP contribution in [0.25, 0.3) is 0 Å². The molecule has 110 valence electrons. The molecule has 0 saturated heterocycles. The van der Waals surface area contributed by atoms with Crippen molar-refractivity contribution in [3.05, 3.63) is 11.7 Å². The van der Waals surface area contributed by atoms with Crippen LogP contribution in [0.1, 0.15) is 70.1 Å². The molecule has 4 aliphatic rings. The van der Waals surface area contributed by atoms with Gasteiger partial charge in [-0.1, -0.05) is 19.0 Å². The molecule has 0 unspecified atom stereocenters. The summed E-state index contributed by atoms with van der Waals surface area (Å²) in [7, 11) is 0. The van der Waals surface area contributed by atoms with Crippen molar-refractivity contribution < 1.29 is 4.52 Å². The molecule has 4 heteroatoms. The molecule has 1 aromatic heterocycles. The topological polar surface area (TPSA) is 64.9 Å². The summed E-state index contributed by atoms with van der Waals surface area (Å²) in [5.74, 6) is 4.64. The van der Waals surface area contributed by atoms with Crippen LogP contribution in [0, 0.1) is 23.7 Å².